The van der Waals surface area contributed by atoms with E-state index in [1.807, 2.05) is 0 Å². The van der Waals surface area contributed by atoms with Crippen LogP contribution in [0.1, 0.15) is 0 Å². The van der Waals surface area contributed by atoms with Gasteiger partial charge in [-0.15, -0.1) is 0 Å². The molecule has 2 aliphatic rings. The Hall–Kier alpha value is -0.440. The standard InChI is InChI=1S/C12H22O11/c13-1-4-6(16)8(18)9(19)11(21-4)23-12(3-15)10(20)7(17)5(2-14)22-12/h4-11,13-20H,1-3H2/t4?,5-,6?,7-,8?,9?,10+,11?,12+/m1/s1. The van der Waals surface area contributed by atoms with Crippen LogP contribution in [0.3, 0.4) is 0 Å². The maximum atomic E-state index is 10.00. The molecule has 8 N–H and O–H groups in total. The second-order valence-electron chi connectivity index (χ2n) is 5.56. The molecule has 0 amide bonds. The highest BCUT2D eigenvalue weighted by molar-refractivity contribution is 4.98. The molecule has 0 aromatic carbocycles. The van der Waals surface area contributed by atoms with E-state index >= 15 is 0 Å². The SMILES string of the molecule is OCC1OC(O[C@]2(CO)O[C@H](CO)[C@@H](O)[C@@H]2O)C(O)C(O)C1O. The molecule has 136 valence electrons. The second-order valence-corrected chi connectivity index (χ2v) is 5.56. The molecule has 0 aromatic rings. The highest BCUT2D eigenvalue weighted by atomic mass is 16.8. The molecule has 0 spiro atoms. The van der Waals surface area contributed by atoms with Crippen LogP contribution in [0, 0.1) is 0 Å². The summed E-state index contributed by atoms with van der Waals surface area (Å²) in [5.41, 5.74) is 0. The quantitative estimate of drug-likeness (QED) is 0.238. The molecule has 5 unspecified atom stereocenters. The van der Waals surface area contributed by atoms with E-state index in [1.54, 1.807) is 0 Å². The Morgan fingerprint density at radius 1 is 0.783 bits per heavy atom. The molecule has 11 heteroatoms. The first-order chi connectivity index (χ1) is 10.8. The van der Waals surface area contributed by atoms with E-state index in [2.05, 4.69) is 0 Å². The lowest BCUT2D eigenvalue weighted by Crippen LogP contribution is -2.62. The number of hydrogen-bond donors (Lipinski definition) is 8. The van der Waals surface area contributed by atoms with Gasteiger partial charge in [-0.25, -0.2) is 0 Å². The monoisotopic (exact) mass is 342 g/mol. The third-order valence-electron chi connectivity index (χ3n) is 4.07. The van der Waals surface area contributed by atoms with Crippen LogP contribution in [-0.4, -0.2) is 115 Å². The predicted octanol–water partition coefficient (Wildman–Crippen LogP) is -5.40. The topological polar surface area (TPSA) is 190 Å². The number of rotatable bonds is 5. The number of aliphatic hydroxyl groups excluding tert-OH is 8. The summed E-state index contributed by atoms with van der Waals surface area (Å²) in [6.07, 6.45) is -12.7. The zero-order valence-electron chi connectivity index (χ0n) is 12.0. The zero-order chi connectivity index (χ0) is 17.4. The van der Waals surface area contributed by atoms with Crippen molar-refractivity contribution in [2.75, 3.05) is 19.8 Å². The maximum Gasteiger partial charge on any atom is 0.224 e. The Morgan fingerprint density at radius 3 is 1.87 bits per heavy atom. The van der Waals surface area contributed by atoms with Gasteiger partial charge in [0.25, 0.3) is 0 Å². The van der Waals surface area contributed by atoms with Crippen LogP contribution in [0.5, 0.6) is 0 Å². The minimum absolute atomic E-state index is 0.669. The molecule has 2 fully saturated rings. The largest absolute Gasteiger partial charge is 0.394 e. The lowest BCUT2D eigenvalue weighted by atomic mass is 9.99. The van der Waals surface area contributed by atoms with E-state index in [0.29, 0.717) is 0 Å². The van der Waals surface area contributed by atoms with Crippen molar-refractivity contribution in [3.8, 4) is 0 Å². The van der Waals surface area contributed by atoms with Gasteiger partial charge >= 0.3 is 0 Å². The summed E-state index contributed by atoms with van der Waals surface area (Å²) in [4.78, 5) is 0. The van der Waals surface area contributed by atoms with E-state index < -0.39 is 74.6 Å². The number of aliphatic hydroxyl groups is 8. The molecule has 0 aromatic heterocycles. The van der Waals surface area contributed by atoms with Crippen molar-refractivity contribution in [2.24, 2.45) is 0 Å². The van der Waals surface area contributed by atoms with Gasteiger partial charge in [-0.3, -0.25) is 0 Å². The van der Waals surface area contributed by atoms with Crippen molar-refractivity contribution in [2.45, 2.75) is 54.8 Å². The van der Waals surface area contributed by atoms with Crippen molar-refractivity contribution >= 4 is 0 Å². The van der Waals surface area contributed by atoms with Crippen LogP contribution in [-0.2, 0) is 14.2 Å². The van der Waals surface area contributed by atoms with Gasteiger partial charge < -0.3 is 55.1 Å². The van der Waals surface area contributed by atoms with Crippen LogP contribution in [0.15, 0.2) is 0 Å². The van der Waals surface area contributed by atoms with Crippen molar-refractivity contribution in [1.82, 2.24) is 0 Å². The van der Waals surface area contributed by atoms with Crippen molar-refractivity contribution < 1.29 is 55.1 Å². The van der Waals surface area contributed by atoms with Gasteiger partial charge in [0, 0.05) is 0 Å². The fourth-order valence-corrected chi connectivity index (χ4v) is 2.63. The van der Waals surface area contributed by atoms with Crippen LogP contribution in [0.25, 0.3) is 0 Å². The minimum atomic E-state index is -2.22. The van der Waals surface area contributed by atoms with Gasteiger partial charge in [0.05, 0.1) is 13.2 Å². The third kappa shape index (κ3) is 3.23. The molecule has 9 atom stereocenters. The minimum Gasteiger partial charge on any atom is -0.394 e. The van der Waals surface area contributed by atoms with Crippen molar-refractivity contribution in [3.05, 3.63) is 0 Å². The molecule has 2 rings (SSSR count). The molecule has 0 aliphatic carbocycles. The van der Waals surface area contributed by atoms with Crippen molar-refractivity contribution in [3.63, 3.8) is 0 Å². The molecular formula is C12H22O11. The molecule has 0 bridgehead atoms. The summed E-state index contributed by atoms with van der Waals surface area (Å²) in [6, 6.07) is 0. The van der Waals surface area contributed by atoms with Gasteiger partial charge in [0.1, 0.15) is 49.3 Å². The fraction of sp³-hybridized carbons (Fsp3) is 1.00. The molecule has 23 heavy (non-hydrogen) atoms. The van der Waals surface area contributed by atoms with Crippen LogP contribution in [0.2, 0.25) is 0 Å². The van der Waals surface area contributed by atoms with Crippen LogP contribution < -0.4 is 0 Å². The summed E-state index contributed by atoms with van der Waals surface area (Å²) in [6.45, 7) is -2.32. The van der Waals surface area contributed by atoms with Gasteiger partial charge in [0.15, 0.2) is 6.29 Å². The molecule has 2 aliphatic heterocycles. The molecule has 11 nitrogen and oxygen atoms in total. The highest BCUT2D eigenvalue weighted by Crippen LogP contribution is 2.35. The van der Waals surface area contributed by atoms with Crippen LogP contribution in [0.4, 0.5) is 0 Å². The summed E-state index contributed by atoms with van der Waals surface area (Å²) in [5.74, 6) is -2.22. The summed E-state index contributed by atoms with van der Waals surface area (Å²) >= 11 is 0. The number of ether oxygens (including phenoxy) is 3. The first kappa shape index (κ1) is 18.9. The smallest absolute Gasteiger partial charge is 0.224 e. The zero-order valence-corrected chi connectivity index (χ0v) is 12.0. The predicted molar refractivity (Wildman–Crippen MR) is 68.6 cm³/mol. The molecule has 0 radical (unpaired) electrons. The molecule has 2 saturated heterocycles. The summed E-state index contributed by atoms with van der Waals surface area (Å²) in [5, 5.41) is 76.7. The summed E-state index contributed by atoms with van der Waals surface area (Å²) < 4.78 is 15.4. The Bertz CT molecular complexity index is 393. The molecular weight excluding hydrogens is 320 g/mol. The third-order valence-corrected chi connectivity index (χ3v) is 4.07. The number of hydrogen-bond acceptors (Lipinski definition) is 11. The average Bonchev–Trinajstić information content (AvgIpc) is 2.80. The van der Waals surface area contributed by atoms with E-state index in [-0.39, 0.29) is 0 Å². The van der Waals surface area contributed by atoms with E-state index in [1.165, 1.54) is 0 Å². The maximum absolute atomic E-state index is 10.00. The first-order valence-electron chi connectivity index (χ1n) is 7.05. The van der Waals surface area contributed by atoms with E-state index in [9.17, 15) is 30.6 Å². The van der Waals surface area contributed by atoms with Gasteiger partial charge in [-0.1, -0.05) is 0 Å². The van der Waals surface area contributed by atoms with Gasteiger partial charge in [-0.2, -0.15) is 0 Å². The van der Waals surface area contributed by atoms with Gasteiger partial charge in [-0.05, 0) is 0 Å². The van der Waals surface area contributed by atoms with Crippen molar-refractivity contribution in [1.29, 1.82) is 0 Å². The van der Waals surface area contributed by atoms with Gasteiger partial charge in [0.2, 0.25) is 5.79 Å². The lowest BCUT2D eigenvalue weighted by molar-refractivity contribution is -0.383. The fourth-order valence-electron chi connectivity index (χ4n) is 2.63. The second kappa shape index (κ2) is 7.21. The van der Waals surface area contributed by atoms with E-state index in [4.69, 9.17) is 24.4 Å². The highest BCUT2D eigenvalue weighted by Gasteiger charge is 2.58. The lowest BCUT2D eigenvalue weighted by Gasteiger charge is -2.43. The Labute approximate surface area is 130 Å². The Kier molecular flexibility index (Phi) is 5.92. The van der Waals surface area contributed by atoms with E-state index in [0.717, 1.165) is 0 Å². The first-order valence-corrected chi connectivity index (χ1v) is 7.05. The average molecular weight is 342 g/mol. The molecule has 0 saturated carbocycles. The normalized spacial score (nSPS) is 51.1. The Morgan fingerprint density at radius 2 is 1.39 bits per heavy atom. The molecule has 2 heterocycles. The van der Waals surface area contributed by atoms with Crippen LogP contribution >= 0.6 is 0 Å². The Balaban J connectivity index is 2.18. The summed E-state index contributed by atoms with van der Waals surface area (Å²) in [7, 11) is 0.